The summed E-state index contributed by atoms with van der Waals surface area (Å²) in [6.45, 7) is 1.85. The Labute approximate surface area is 128 Å². The van der Waals surface area contributed by atoms with Gasteiger partial charge in [0.1, 0.15) is 0 Å². The van der Waals surface area contributed by atoms with Crippen molar-refractivity contribution in [3.8, 4) is 0 Å². The molecule has 120 valence electrons. The van der Waals surface area contributed by atoms with Gasteiger partial charge in [0.05, 0.1) is 0 Å². The molecule has 1 amide bonds. The predicted octanol–water partition coefficient (Wildman–Crippen LogP) is 2.36. The molecule has 4 nitrogen and oxygen atoms in total. The van der Waals surface area contributed by atoms with E-state index >= 15 is 0 Å². The highest BCUT2D eigenvalue weighted by molar-refractivity contribution is 5.76. The number of amides is 1. The second-order valence-corrected chi connectivity index (χ2v) is 7.51. The van der Waals surface area contributed by atoms with Crippen molar-refractivity contribution in [3.05, 3.63) is 0 Å². The van der Waals surface area contributed by atoms with Gasteiger partial charge in [-0.25, -0.2) is 0 Å². The average molecular weight is 294 g/mol. The van der Waals surface area contributed by atoms with Gasteiger partial charge in [-0.1, -0.05) is 6.42 Å². The summed E-state index contributed by atoms with van der Waals surface area (Å²) in [5.74, 6) is 0.640. The zero-order valence-corrected chi connectivity index (χ0v) is 13.1. The van der Waals surface area contributed by atoms with E-state index in [1.54, 1.807) is 0 Å². The van der Waals surface area contributed by atoms with E-state index in [-0.39, 0.29) is 11.9 Å². The van der Waals surface area contributed by atoms with E-state index < -0.39 is 0 Å². The van der Waals surface area contributed by atoms with Crippen LogP contribution >= 0.6 is 0 Å². The molecule has 3 aliphatic rings. The highest BCUT2D eigenvalue weighted by atomic mass is 16.5. The molecule has 2 aliphatic carbocycles. The first-order valence-electron chi connectivity index (χ1n) is 8.80. The number of nitrogens with one attached hydrogen (secondary N) is 1. The van der Waals surface area contributed by atoms with Gasteiger partial charge in [0.15, 0.2) is 0 Å². The van der Waals surface area contributed by atoms with Gasteiger partial charge in [-0.05, 0) is 62.7 Å². The van der Waals surface area contributed by atoms with Gasteiger partial charge in [-0.2, -0.15) is 0 Å². The van der Waals surface area contributed by atoms with Crippen molar-refractivity contribution in [2.45, 2.75) is 76.3 Å². The lowest BCUT2D eigenvalue weighted by atomic mass is 9.68. The van der Waals surface area contributed by atoms with E-state index in [9.17, 15) is 4.79 Å². The predicted molar refractivity (Wildman–Crippen MR) is 82.8 cm³/mol. The summed E-state index contributed by atoms with van der Waals surface area (Å²) >= 11 is 0. The van der Waals surface area contributed by atoms with Gasteiger partial charge in [0, 0.05) is 31.7 Å². The normalized spacial score (nSPS) is 33.2. The molecule has 0 unspecified atom stereocenters. The molecule has 0 aromatic rings. The zero-order valence-electron chi connectivity index (χ0n) is 13.1. The molecule has 4 heteroatoms. The largest absolute Gasteiger partial charge is 0.381 e. The Bertz CT molecular complexity index is 356. The molecule has 1 spiro atoms. The van der Waals surface area contributed by atoms with E-state index in [2.05, 4.69) is 5.32 Å². The molecule has 1 heterocycles. The minimum atomic E-state index is 0.227. The van der Waals surface area contributed by atoms with Gasteiger partial charge < -0.3 is 15.8 Å². The smallest absolute Gasteiger partial charge is 0.220 e. The van der Waals surface area contributed by atoms with Gasteiger partial charge in [0.2, 0.25) is 5.91 Å². The maximum atomic E-state index is 12.2. The lowest BCUT2D eigenvalue weighted by Crippen LogP contribution is -2.43. The fourth-order valence-electron chi connectivity index (χ4n) is 4.52. The van der Waals surface area contributed by atoms with Crippen LogP contribution in [0, 0.1) is 11.3 Å². The molecule has 3 N–H and O–H groups in total. The molecule has 0 bridgehead atoms. The molecule has 1 saturated heterocycles. The minimum absolute atomic E-state index is 0.227. The number of rotatable bonds is 3. The van der Waals surface area contributed by atoms with Crippen molar-refractivity contribution in [3.63, 3.8) is 0 Å². The van der Waals surface area contributed by atoms with Crippen LogP contribution in [-0.2, 0) is 9.53 Å². The van der Waals surface area contributed by atoms with Gasteiger partial charge >= 0.3 is 0 Å². The van der Waals surface area contributed by atoms with Crippen molar-refractivity contribution >= 4 is 5.91 Å². The second kappa shape index (κ2) is 6.66. The number of nitrogens with two attached hydrogens (primary N) is 1. The van der Waals surface area contributed by atoms with Crippen molar-refractivity contribution in [2.24, 2.45) is 17.1 Å². The highest BCUT2D eigenvalue weighted by Crippen LogP contribution is 2.44. The van der Waals surface area contributed by atoms with Crippen LogP contribution in [0.15, 0.2) is 0 Å². The van der Waals surface area contributed by atoms with Crippen LogP contribution in [0.1, 0.15) is 64.2 Å². The highest BCUT2D eigenvalue weighted by Gasteiger charge is 2.37. The van der Waals surface area contributed by atoms with Gasteiger partial charge in [0.25, 0.3) is 0 Å². The third-order valence-electron chi connectivity index (χ3n) is 6.13. The summed E-state index contributed by atoms with van der Waals surface area (Å²) in [7, 11) is 0. The van der Waals surface area contributed by atoms with Crippen LogP contribution in [0.2, 0.25) is 0 Å². The maximum absolute atomic E-state index is 12.2. The number of ether oxygens (including phenoxy) is 1. The Hall–Kier alpha value is -0.610. The first-order valence-corrected chi connectivity index (χ1v) is 8.80. The van der Waals surface area contributed by atoms with E-state index in [4.69, 9.17) is 10.5 Å². The third kappa shape index (κ3) is 3.78. The Kier molecular flexibility index (Phi) is 4.85. The summed E-state index contributed by atoms with van der Waals surface area (Å²) in [6, 6.07) is 0.635. The lowest BCUT2D eigenvalue weighted by molar-refractivity contribution is -0.123. The molecule has 2 saturated carbocycles. The Morgan fingerprint density at radius 1 is 1.10 bits per heavy atom. The van der Waals surface area contributed by atoms with Gasteiger partial charge in [-0.3, -0.25) is 4.79 Å². The van der Waals surface area contributed by atoms with Crippen molar-refractivity contribution in [1.29, 1.82) is 0 Å². The molecule has 3 fully saturated rings. The van der Waals surface area contributed by atoms with Crippen molar-refractivity contribution in [2.75, 3.05) is 13.2 Å². The fourth-order valence-corrected chi connectivity index (χ4v) is 4.52. The number of hydrogen-bond acceptors (Lipinski definition) is 3. The summed E-state index contributed by atoms with van der Waals surface area (Å²) in [4.78, 5) is 12.2. The molecule has 0 aromatic carbocycles. The van der Waals surface area contributed by atoms with Crippen LogP contribution in [-0.4, -0.2) is 31.2 Å². The first-order chi connectivity index (χ1) is 10.2. The average Bonchev–Trinajstić information content (AvgIpc) is 2.88. The number of carbonyl (C=O) groups excluding carboxylic acids is 1. The Morgan fingerprint density at radius 2 is 1.81 bits per heavy atom. The molecule has 1 aliphatic heterocycles. The summed E-state index contributed by atoms with van der Waals surface area (Å²) < 4.78 is 5.49. The van der Waals surface area contributed by atoms with Crippen LogP contribution in [0.4, 0.5) is 0 Å². The topological polar surface area (TPSA) is 64.4 Å². The summed E-state index contributed by atoms with van der Waals surface area (Å²) in [5.41, 5.74) is 6.58. The molecular weight excluding hydrogens is 264 g/mol. The van der Waals surface area contributed by atoms with Crippen LogP contribution in [0.25, 0.3) is 0 Å². The Morgan fingerprint density at radius 3 is 2.43 bits per heavy atom. The van der Waals surface area contributed by atoms with Crippen LogP contribution < -0.4 is 11.1 Å². The molecule has 0 aromatic heterocycles. The molecule has 21 heavy (non-hydrogen) atoms. The number of carbonyl (C=O) groups is 1. The third-order valence-corrected chi connectivity index (χ3v) is 6.13. The number of hydrogen-bond donors (Lipinski definition) is 2. The minimum Gasteiger partial charge on any atom is -0.381 e. The molecule has 0 radical (unpaired) electrons. The first kappa shape index (κ1) is 15.3. The fraction of sp³-hybridized carbons (Fsp3) is 0.941. The summed E-state index contributed by atoms with van der Waals surface area (Å²) in [5, 5.41) is 3.26. The van der Waals surface area contributed by atoms with E-state index in [1.807, 2.05) is 0 Å². The van der Waals surface area contributed by atoms with Crippen LogP contribution in [0.5, 0.6) is 0 Å². The molecule has 2 atom stereocenters. The lowest BCUT2D eigenvalue weighted by Gasteiger charge is -2.43. The molecular formula is C17H30N2O2. The van der Waals surface area contributed by atoms with E-state index in [1.165, 1.54) is 32.1 Å². The SMILES string of the molecule is N[C@@H]1CCC[C@H]1CC(=O)NC1CCC2(CCOCC2)CC1. The molecule has 3 rings (SSSR count). The summed E-state index contributed by atoms with van der Waals surface area (Å²) in [6.07, 6.45) is 11.3. The maximum Gasteiger partial charge on any atom is 0.220 e. The Balaban J connectivity index is 1.41. The monoisotopic (exact) mass is 294 g/mol. The van der Waals surface area contributed by atoms with E-state index in [0.717, 1.165) is 38.9 Å². The van der Waals surface area contributed by atoms with E-state index in [0.29, 0.717) is 23.8 Å². The van der Waals surface area contributed by atoms with Crippen molar-refractivity contribution < 1.29 is 9.53 Å². The zero-order chi connectivity index (χ0) is 14.7. The van der Waals surface area contributed by atoms with Crippen LogP contribution in [0.3, 0.4) is 0 Å². The van der Waals surface area contributed by atoms with Crippen molar-refractivity contribution in [1.82, 2.24) is 5.32 Å². The van der Waals surface area contributed by atoms with Gasteiger partial charge in [-0.15, -0.1) is 0 Å². The second-order valence-electron chi connectivity index (χ2n) is 7.51. The standard InChI is InChI=1S/C17H30N2O2/c18-15-3-1-2-13(15)12-16(20)19-14-4-6-17(7-5-14)8-10-21-11-9-17/h13-15H,1-12,18H2,(H,19,20)/t13-,15+/m0/s1. The quantitative estimate of drug-likeness (QED) is 0.840.